The van der Waals surface area contributed by atoms with Gasteiger partial charge in [0.15, 0.2) is 0 Å². The number of rotatable bonds is 4. The number of hydrogen-bond acceptors (Lipinski definition) is 3. The summed E-state index contributed by atoms with van der Waals surface area (Å²) in [6.45, 7) is 13.0. The molecule has 0 amide bonds. The van der Waals surface area contributed by atoms with Gasteiger partial charge in [-0.25, -0.2) is 0 Å². The maximum absolute atomic E-state index is 5.88. The minimum absolute atomic E-state index is 0.741. The third-order valence-corrected chi connectivity index (χ3v) is 5.01. The minimum atomic E-state index is 0.741. The van der Waals surface area contributed by atoms with Crippen LogP contribution in [-0.4, -0.2) is 54.6 Å². The average Bonchev–Trinajstić information content (AvgIpc) is 2.40. The molecule has 0 spiro atoms. The van der Waals surface area contributed by atoms with Crippen LogP contribution in [0.3, 0.4) is 0 Å². The van der Waals surface area contributed by atoms with Crippen molar-refractivity contribution in [3.05, 3.63) is 0 Å². The van der Waals surface area contributed by atoms with Crippen LogP contribution in [-0.2, 0) is 0 Å². The van der Waals surface area contributed by atoms with E-state index < -0.39 is 0 Å². The van der Waals surface area contributed by atoms with Crippen LogP contribution >= 0.6 is 0 Å². The molecule has 2 aliphatic rings. The molecule has 2 saturated heterocycles. The molecule has 112 valence electrons. The molecule has 2 unspecified atom stereocenters. The zero-order valence-electron chi connectivity index (χ0n) is 13.1. The van der Waals surface area contributed by atoms with Gasteiger partial charge in [-0.05, 0) is 64.1 Å². The minimum Gasteiger partial charge on any atom is -0.330 e. The summed E-state index contributed by atoms with van der Waals surface area (Å²) >= 11 is 0. The Kier molecular flexibility index (Phi) is 5.67. The van der Waals surface area contributed by atoms with Gasteiger partial charge in [0, 0.05) is 25.2 Å². The fraction of sp³-hybridized carbons (Fsp3) is 1.00. The molecule has 0 aromatic heterocycles. The molecule has 2 rings (SSSR count). The molecule has 3 nitrogen and oxygen atoms in total. The predicted molar refractivity (Wildman–Crippen MR) is 82.2 cm³/mol. The number of nitrogens with zero attached hydrogens (tertiary/aromatic N) is 2. The van der Waals surface area contributed by atoms with E-state index in [1.165, 1.54) is 51.9 Å². The summed E-state index contributed by atoms with van der Waals surface area (Å²) in [7, 11) is 0. The predicted octanol–water partition coefficient (Wildman–Crippen LogP) is 2.17. The van der Waals surface area contributed by atoms with Gasteiger partial charge in [-0.2, -0.15) is 0 Å². The smallest absolute Gasteiger partial charge is 0.0122 e. The maximum atomic E-state index is 5.88. The molecule has 2 aliphatic heterocycles. The summed E-state index contributed by atoms with van der Waals surface area (Å²) in [5, 5.41) is 0. The third kappa shape index (κ3) is 4.17. The standard InChI is InChI=1S/C16H33N3/c1-13(2)11-18-8-6-16(7-9-18)19-12-15(10-17)5-4-14(19)3/h13-16H,4-12,17H2,1-3H3. The number of nitrogens with two attached hydrogens (primary N) is 1. The second kappa shape index (κ2) is 7.05. The van der Waals surface area contributed by atoms with Crippen LogP contribution in [0, 0.1) is 11.8 Å². The van der Waals surface area contributed by atoms with E-state index in [-0.39, 0.29) is 0 Å². The maximum Gasteiger partial charge on any atom is 0.0122 e. The van der Waals surface area contributed by atoms with Gasteiger partial charge in [0.2, 0.25) is 0 Å². The average molecular weight is 267 g/mol. The first-order valence-electron chi connectivity index (χ1n) is 8.28. The van der Waals surface area contributed by atoms with Crippen molar-refractivity contribution in [2.75, 3.05) is 32.7 Å². The van der Waals surface area contributed by atoms with E-state index >= 15 is 0 Å². The van der Waals surface area contributed by atoms with Crippen molar-refractivity contribution in [3.63, 3.8) is 0 Å². The lowest BCUT2D eigenvalue weighted by atomic mass is 9.90. The Morgan fingerprint density at radius 2 is 1.79 bits per heavy atom. The van der Waals surface area contributed by atoms with Crippen molar-refractivity contribution in [2.24, 2.45) is 17.6 Å². The van der Waals surface area contributed by atoms with Crippen molar-refractivity contribution < 1.29 is 0 Å². The lowest BCUT2D eigenvalue weighted by molar-refractivity contribution is 0.0351. The lowest BCUT2D eigenvalue weighted by Gasteiger charge is -2.46. The van der Waals surface area contributed by atoms with E-state index in [9.17, 15) is 0 Å². The van der Waals surface area contributed by atoms with Crippen LogP contribution in [0.15, 0.2) is 0 Å². The Morgan fingerprint density at radius 1 is 1.11 bits per heavy atom. The van der Waals surface area contributed by atoms with Crippen LogP contribution in [0.25, 0.3) is 0 Å². The number of piperidine rings is 2. The molecule has 0 aliphatic carbocycles. The topological polar surface area (TPSA) is 32.5 Å². The summed E-state index contributed by atoms with van der Waals surface area (Å²) in [6.07, 6.45) is 5.39. The summed E-state index contributed by atoms with van der Waals surface area (Å²) in [4.78, 5) is 5.42. The molecule has 0 aromatic rings. The summed E-state index contributed by atoms with van der Waals surface area (Å²) in [5.41, 5.74) is 5.88. The Morgan fingerprint density at radius 3 is 2.37 bits per heavy atom. The van der Waals surface area contributed by atoms with Gasteiger partial charge in [0.1, 0.15) is 0 Å². The van der Waals surface area contributed by atoms with Crippen molar-refractivity contribution in [1.29, 1.82) is 0 Å². The lowest BCUT2D eigenvalue weighted by Crippen LogP contribution is -2.53. The third-order valence-electron chi connectivity index (χ3n) is 5.01. The van der Waals surface area contributed by atoms with E-state index in [0.29, 0.717) is 0 Å². The van der Waals surface area contributed by atoms with Gasteiger partial charge in [-0.15, -0.1) is 0 Å². The highest BCUT2D eigenvalue weighted by Gasteiger charge is 2.32. The summed E-state index contributed by atoms with van der Waals surface area (Å²) < 4.78 is 0. The van der Waals surface area contributed by atoms with Crippen LogP contribution in [0.5, 0.6) is 0 Å². The second-order valence-electron chi connectivity index (χ2n) is 7.15. The van der Waals surface area contributed by atoms with Crippen LogP contribution in [0.2, 0.25) is 0 Å². The highest BCUT2D eigenvalue weighted by atomic mass is 15.2. The van der Waals surface area contributed by atoms with E-state index in [1.54, 1.807) is 0 Å². The SMILES string of the molecule is CC(C)CN1CCC(N2CC(CN)CCC2C)CC1. The Hall–Kier alpha value is -0.120. The highest BCUT2D eigenvalue weighted by molar-refractivity contribution is 4.87. The molecule has 2 atom stereocenters. The van der Waals surface area contributed by atoms with E-state index in [1.807, 2.05) is 0 Å². The first-order chi connectivity index (χ1) is 9.10. The van der Waals surface area contributed by atoms with E-state index in [2.05, 4.69) is 30.6 Å². The molecule has 0 saturated carbocycles. The first kappa shape index (κ1) is 15.3. The van der Waals surface area contributed by atoms with Gasteiger partial charge in [-0.3, -0.25) is 4.90 Å². The van der Waals surface area contributed by atoms with Crippen molar-refractivity contribution in [2.45, 2.75) is 58.5 Å². The normalized spacial score (nSPS) is 32.1. The molecule has 0 bridgehead atoms. The van der Waals surface area contributed by atoms with Crippen molar-refractivity contribution >= 4 is 0 Å². The van der Waals surface area contributed by atoms with E-state index in [0.717, 1.165) is 30.5 Å². The van der Waals surface area contributed by atoms with Crippen LogP contribution < -0.4 is 5.73 Å². The summed E-state index contributed by atoms with van der Waals surface area (Å²) in [6, 6.07) is 1.58. The zero-order valence-corrected chi connectivity index (χ0v) is 13.1. The molecular weight excluding hydrogens is 234 g/mol. The Bertz CT molecular complexity index is 259. The van der Waals surface area contributed by atoms with Crippen molar-refractivity contribution in [1.82, 2.24) is 9.80 Å². The molecule has 2 N–H and O–H groups in total. The molecule has 2 fully saturated rings. The summed E-state index contributed by atoms with van der Waals surface area (Å²) in [5.74, 6) is 1.54. The largest absolute Gasteiger partial charge is 0.330 e. The van der Waals surface area contributed by atoms with Gasteiger partial charge in [-0.1, -0.05) is 13.8 Å². The van der Waals surface area contributed by atoms with Crippen LogP contribution in [0.1, 0.15) is 46.5 Å². The highest BCUT2D eigenvalue weighted by Crippen LogP contribution is 2.27. The molecule has 2 heterocycles. The molecule has 0 radical (unpaired) electrons. The molecule has 19 heavy (non-hydrogen) atoms. The monoisotopic (exact) mass is 267 g/mol. The van der Waals surface area contributed by atoms with E-state index in [4.69, 9.17) is 5.73 Å². The quantitative estimate of drug-likeness (QED) is 0.847. The Balaban J connectivity index is 1.82. The van der Waals surface area contributed by atoms with Crippen LogP contribution in [0.4, 0.5) is 0 Å². The number of likely N-dealkylation sites (tertiary alicyclic amines) is 2. The van der Waals surface area contributed by atoms with Gasteiger partial charge < -0.3 is 10.6 Å². The Labute approximate surface area is 119 Å². The zero-order chi connectivity index (χ0) is 13.8. The van der Waals surface area contributed by atoms with Crippen molar-refractivity contribution in [3.8, 4) is 0 Å². The first-order valence-corrected chi connectivity index (χ1v) is 8.28. The second-order valence-corrected chi connectivity index (χ2v) is 7.15. The molecule has 3 heteroatoms. The molecular formula is C16H33N3. The fourth-order valence-electron chi connectivity index (χ4n) is 3.86. The van der Waals surface area contributed by atoms with Gasteiger partial charge in [0.25, 0.3) is 0 Å². The molecule has 0 aromatic carbocycles. The van der Waals surface area contributed by atoms with Gasteiger partial charge >= 0.3 is 0 Å². The fourth-order valence-corrected chi connectivity index (χ4v) is 3.86. The van der Waals surface area contributed by atoms with Gasteiger partial charge in [0.05, 0.1) is 0 Å². The number of hydrogen-bond donors (Lipinski definition) is 1.